The van der Waals surface area contributed by atoms with Crippen molar-refractivity contribution in [2.75, 3.05) is 4.90 Å². The molecular formula is C30H21F2N5O. The van der Waals surface area contributed by atoms with E-state index in [1.54, 1.807) is 71.9 Å². The highest BCUT2D eigenvalue weighted by Gasteiger charge is 2.18. The Morgan fingerprint density at radius 3 is 2.16 bits per heavy atom. The molecule has 5 rings (SSSR count). The van der Waals surface area contributed by atoms with Gasteiger partial charge in [-0.2, -0.15) is 5.26 Å². The molecule has 0 N–H and O–H groups in total. The van der Waals surface area contributed by atoms with Crippen molar-refractivity contribution in [3.8, 4) is 6.07 Å². The van der Waals surface area contributed by atoms with Crippen LogP contribution in [-0.4, -0.2) is 20.5 Å². The van der Waals surface area contributed by atoms with Crippen LogP contribution in [0.1, 0.15) is 32.9 Å². The van der Waals surface area contributed by atoms with Gasteiger partial charge in [-0.3, -0.25) is 4.79 Å². The molecule has 5 aromatic rings. The van der Waals surface area contributed by atoms with E-state index >= 15 is 0 Å². The van der Waals surface area contributed by atoms with Gasteiger partial charge in [0.25, 0.3) is 0 Å². The fourth-order valence-corrected chi connectivity index (χ4v) is 4.13. The molecule has 0 amide bonds. The summed E-state index contributed by atoms with van der Waals surface area (Å²) < 4.78 is 30.2. The summed E-state index contributed by atoms with van der Waals surface area (Å²) in [6, 6.07) is 28.4. The molecule has 38 heavy (non-hydrogen) atoms. The molecule has 0 bridgehead atoms. The van der Waals surface area contributed by atoms with Gasteiger partial charge in [-0.05, 0) is 54.1 Å². The van der Waals surface area contributed by atoms with E-state index in [2.05, 4.69) is 16.3 Å². The molecule has 8 heteroatoms. The van der Waals surface area contributed by atoms with E-state index < -0.39 is 11.6 Å². The van der Waals surface area contributed by atoms with Crippen molar-refractivity contribution in [1.82, 2.24) is 14.8 Å². The number of hydrogen-bond acceptors (Lipinski definition) is 5. The minimum atomic E-state index is -0.708. The second kappa shape index (κ2) is 10.8. The summed E-state index contributed by atoms with van der Waals surface area (Å²) in [6.07, 6.45) is 1.58. The molecular weight excluding hydrogens is 484 g/mol. The van der Waals surface area contributed by atoms with Crippen molar-refractivity contribution in [2.24, 2.45) is 0 Å². The molecule has 0 aliphatic rings. The van der Waals surface area contributed by atoms with Crippen molar-refractivity contribution in [1.29, 1.82) is 5.26 Å². The molecule has 0 radical (unpaired) electrons. The lowest BCUT2D eigenvalue weighted by Gasteiger charge is -2.25. The first-order valence-corrected chi connectivity index (χ1v) is 11.8. The molecule has 0 unspecified atom stereocenters. The van der Waals surface area contributed by atoms with E-state index in [-0.39, 0.29) is 18.0 Å². The van der Waals surface area contributed by atoms with Crippen LogP contribution in [0.3, 0.4) is 0 Å². The second-order valence-corrected chi connectivity index (χ2v) is 8.64. The summed E-state index contributed by atoms with van der Waals surface area (Å²) in [5, 5.41) is 17.3. The van der Waals surface area contributed by atoms with Crippen molar-refractivity contribution in [2.45, 2.75) is 13.1 Å². The number of halogens is 2. The summed E-state index contributed by atoms with van der Waals surface area (Å²) >= 11 is 0. The summed E-state index contributed by atoms with van der Waals surface area (Å²) in [5.41, 5.74) is 3.48. The molecule has 186 valence electrons. The maximum atomic E-state index is 14.2. The molecule has 0 saturated carbocycles. The summed E-state index contributed by atoms with van der Waals surface area (Å²) in [5.74, 6) is -0.981. The largest absolute Gasteiger partial charge is 0.334 e. The van der Waals surface area contributed by atoms with Crippen LogP contribution >= 0.6 is 0 Å². The molecule has 1 heterocycles. The van der Waals surface area contributed by atoms with Crippen LogP contribution in [0.5, 0.6) is 0 Å². The highest BCUT2D eigenvalue weighted by Crippen LogP contribution is 2.29. The fourth-order valence-electron chi connectivity index (χ4n) is 4.13. The minimum absolute atomic E-state index is 0.123. The molecule has 0 aliphatic heterocycles. The first-order chi connectivity index (χ1) is 18.5. The van der Waals surface area contributed by atoms with Crippen molar-refractivity contribution >= 4 is 17.2 Å². The van der Waals surface area contributed by atoms with Crippen LogP contribution in [0.15, 0.2) is 103 Å². The predicted molar refractivity (Wildman–Crippen MR) is 139 cm³/mol. The number of anilines is 2. The van der Waals surface area contributed by atoms with Crippen molar-refractivity contribution in [3.63, 3.8) is 0 Å². The zero-order valence-corrected chi connectivity index (χ0v) is 20.1. The number of nitriles is 1. The lowest BCUT2D eigenvalue weighted by atomic mass is 10.0. The number of ketones is 1. The highest BCUT2D eigenvalue weighted by atomic mass is 19.1. The SMILES string of the molecule is N#Cc1ccc(Cn2cnnc2CN(c2ccc(C(=O)c3ccccc3)cc2)c2cc(F)cc(F)c2)cc1. The van der Waals surface area contributed by atoms with E-state index in [0.29, 0.717) is 34.7 Å². The summed E-state index contributed by atoms with van der Waals surface area (Å²) in [7, 11) is 0. The lowest BCUT2D eigenvalue weighted by Crippen LogP contribution is -2.20. The van der Waals surface area contributed by atoms with E-state index in [0.717, 1.165) is 11.6 Å². The fraction of sp³-hybridized carbons (Fsp3) is 0.0667. The maximum absolute atomic E-state index is 14.2. The first-order valence-electron chi connectivity index (χ1n) is 11.8. The van der Waals surface area contributed by atoms with Crippen molar-refractivity contribution in [3.05, 3.63) is 143 Å². The highest BCUT2D eigenvalue weighted by molar-refractivity contribution is 6.09. The number of aromatic nitrogens is 3. The Morgan fingerprint density at radius 1 is 0.842 bits per heavy atom. The normalized spacial score (nSPS) is 10.7. The van der Waals surface area contributed by atoms with E-state index in [1.807, 2.05) is 22.8 Å². The molecule has 0 fully saturated rings. The Hall–Kier alpha value is -5.16. The average Bonchev–Trinajstić information content (AvgIpc) is 3.38. The smallest absolute Gasteiger partial charge is 0.193 e. The van der Waals surface area contributed by atoms with Crippen LogP contribution < -0.4 is 4.90 Å². The Morgan fingerprint density at radius 2 is 1.50 bits per heavy atom. The van der Waals surface area contributed by atoms with E-state index in [1.165, 1.54) is 12.1 Å². The molecule has 0 spiro atoms. The Kier molecular flexibility index (Phi) is 7.00. The molecule has 0 saturated heterocycles. The quantitative estimate of drug-likeness (QED) is 0.240. The average molecular weight is 506 g/mol. The third-order valence-electron chi connectivity index (χ3n) is 6.07. The van der Waals surface area contributed by atoms with Crippen LogP contribution in [0.2, 0.25) is 0 Å². The number of nitrogens with zero attached hydrogens (tertiary/aromatic N) is 5. The maximum Gasteiger partial charge on any atom is 0.193 e. The number of hydrogen-bond donors (Lipinski definition) is 0. The van der Waals surface area contributed by atoms with Gasteiger partial charge in [-0.25, -0.2) is 8.78 Å². The zero-order valence-electron chi connectivity index (χ0n) is 20.1. The van der Waals surface area contributed by atoms with Gasteiger partial charge in [0.05, 0.1) is 24.7 Å². The van der Waals surface area contributed by atoms with Gasteiger partial charge in [-0.15, -0.1) is 10.2 Å². The second-order valence-electron chi connectivity index (χ2n) is 8.64. The molecule has 0 aliphatic carbocycles. The van der Waals surface area contributed by atoms with E-state index in [9.17, 15) is 13.6 Å². The van der Waals surface area contributed by atoms with Gasteiger partial charge in [0.2, 0.25) is 0 Å². The third-order valence-corrected chi connectivity index (χ3v) is 6.07. The molecule has 6 nitrogen and oxygen atoms in total. The van der Waals surface area contributed by atoms with Crippen LogP contribution in [0.4, 0.5) is 20.2 Å². The molecule has 4 aromatic carbocycles. The van der Waals surface area contributed by atoms with Gasteiger partial charge in [0.15, 0.2) is 11.6 Å². The number of rotatable bonds is 8. The number of benzene rings is 4. The Bertz CT molecular complexity index is 1590. The summed E-state index contributed by atoms with van der Waals surface area (Å²) in [4.78, 5) is 14.6. The van der Waals surface area contributed by atoms with Gasteiger partial charge < -0.3 is 9.47 Å². The first kappa shape index (κ1) is 24.5. The topological polar surface area (TPSA) is 74.8 Å². The van der Waals surface area contributed by atoms with Crippen LogP contribution in [0, 0.1) is 23.0 Å². The molecule has 0 atom stereocenters. The lowest BCUT2D eigenvalue weighted by molar-refractivity contribution is 0.103. The zero-order chi connectivity index (χ0) is 26.5. The molecule has 1 aromatic heterocycles. The van der Waals surface area contributed by atoms with Crippen LogP contribution in [-0.2, 0) is 13.1 Å². The Labute approximate surface area is 218 Å². The van der Waals surface area contributed by atoms with Gasteiger partial charge in [0.1, 0.15) is 18.0 Å². The monoisotopic (exact) mass is 505 g/mol. The number of carbonyl (C=O) groups excluding carboxylic acids is 1. The summed E-state index contributed by atoms with van der Waals surface area (Å²) in [6.45, 7) is 0.606. The third kappa shape index (κ3) is 5.47. The number of carbonyl (C=O) groups is 1. The van der Waals surface area contributed by atoms with Gasteiger partial charge >= 0.3 is 0 Å². The van der Waals surface area contributed by atoms with Crippen LogP contribution in [0.25, 0.3) is 0 Å². The van der Waals surface area contributed by atoms with E-state index in [4.69, 9.17) is 5.26 Å². The Balaban J connectivity index is 1.46. The minimum Gasteiger partial charge on any atom is -0.334 e. The van der Waals surface area contributed by atoms with Gasteiger partial charge in [0, 0.05) is 28.6 Å². The van der Waals surface area contributed by atoms with Gasteiger partial charge in [-0.1, -0.05) is 42.5 Å². The standard InChI is InChI=1S/C30H21F2N5O/c31-25-14-26(32)16-28(15-25)37(27-12-10-24(11-13-27)30(38)23-4-2-1-3-5-23)19-29-35-34-20-36(29)18-22-8-6-21(17-33)7-9-22/h1-16,20H,18-19H2. The predicted octanol–water partition coefficient (Wildman–Crippen LogP) is 6.05. The van der Waals surface area contributed by atoms with Crippen molar-refractivity contribution < 1.29 is 13.6 Å².